The second kappa shape index (κ2) is 3.11. The Morgan fingerprint density at radius 2 is 2.50 bits per heavy atom. The molecule has 0 fully saturated rings. The van der Waals surface area contributed by atoms with E-state index in [-0.39, 0.29) is 0 Å². The predicted octanol–water partition coefficient (Wildman–Crippen LogP) is -0.117. The van der Waals surface area contributed by atoms with Crippen LogP contribution >= 0.6 is 12.2 Å². The first-order chi connectivity index (χ1) is 2.77. The number of isothiocyanates is 1. The Hall–Kier alpha value is -0.0900. The van der Waals surface area contributed by atoms with Crippen molar-refractivity contribution in [3.8, 4) is 0 Å². The molecule has 0 heterocycles. The topological polar surface area (TPSA) is 52.5 Å². The van der Waals surface area contributed by atoms with Gasteiger partial charge in [0.25, 0.3) is 0 Å². The molecule has 0 saturated heterocycles. The van der Waals surface area contributed by atoms with Gasteiger partial charge in [-0.1, -0.05) is 0 Å². The molecular formula is CNO2S2-. The molecule has 0 radical (unpaired) electrons. The molecule has 34 valence electrons. The highest BCUT2D eigenvalue weighted by Crippen LogP contribution is 1.65. The second-order valence-electron chi connectivity index (χ2n) is 0.400. The van der Waals surface area contributed by atoms with Crippen LogP contribution in [-0.4, -0.2) is 13.9 Å². The van der Waals surface area contributed by atoms with E-state index in [0.29, 0.717) is 0 Å². The highest BCUT2D eigenvalue weighted by Gasteiger charge is 1.57. The summed E-state index contributed by atoms with van der Waals surface area (Å²) in [5, 5.41) is 1.66. The van der Waals surface area contributed by atoms with Crippen molar-refractivity contribution in [2.45, 2.75) is 0 Å². The summed E-state index contributed by atoms with van der Waals surface area (Å²) in [6, 6.07) is 0. The van der Waals surface area contributed by atoms with E-state index in [2.05, 4.69) is 16.6 Å². The second-order valence-corrected chi connectivity index (χ2v) is 1.20. The zero-order valence-electron chi connectivity index (χ0n) is 2.58. The summed E-state index contributed by atoms with van der Waals surface area (Å²) in [7, 11) is 0. The van der Waals surface area contributed by atoms with Gasteiger partial charge in [0.1, 0.15) is 0 Å². The number of rotatable bonds is 1. The van der Waals surface area contributed by atoms with Crippen molar-refractivity contribution in [2.24, 2.45) is 4.40 Å². The smallest absolute Gasteiger partial charge is 0.0782 e. The fourth-order valence-electron chi connectivity index (χ4n) is 0.0304. The molecule has 0 rings (SSSR count). The molecule has 1 unspecified atom stereocenters. The van der Waals surface area contributed by atoms with Crippen molar-refractivity contribution in [2.75, 3.05) is 0 Å². The summed E-state index contributed by atoms with van der Waals surface area (Å²) in [6.07, 6.45) is 0. The molecule has 0 aromatic carbocycles. The van der Waals surface area contributed by atoms with Gasteiger partial charge in [0.05, 0.1) is 16.4 Å². The lowest BCUT2D eigenvalue weighted by molar-refractivity contribution is 0.539. The molecule has 0 aliphatic carbocycles. The highest BCUT2D eigenvalue weighted by molar-refractivity contribution is 7.81. The quantitative estimate of drug-likeness (QED) is 0.277. The third kappa shape index (κ3) is 3.91. The Bertz CT molecular complexity index is 104. The third-order valence-corrected chi connectivity index (χ3v) is 0.559. The zero-order chi connectivity index (χ0) is 4.99. The van der Waals surface area contributed by atoms with E-state index in [0.717, 1.165) is 0 Å². The lowest BCUT2D eigenvalue weighted by Gasteiger charge is -1.85. The molecular weight excluding hydrogens is 122 g/mol. The fraction of sp³-hybridized carbons (Fsp3) is 0. The summed E-state index contributed by atoms with van der Waals surface area (Å²) in [5.74, 6) is 0. The molecule has 1 atom stereocenters. The number of thiocarbonyl (C=S) groups is 1. The van der Waals surface area contributed by atoms with E-state index < -0.39 is 11.3 Å². The first-order valence-corrected chi connectivity index (χ1v) is 2.38. The minimum Gasteiger partial charge on any atom is -0.753 e. The van der Waals surface area contributed by atoms with E-state index in [4.69, 9.17) is 0 Å². The minimum absolute atomic E-state index is 1.66. The summed E-state index contributed by atoms with van der Waals surface area (Å²) in [5.41, 5.74) is 0. The SMILES string of the molecule is O=S([O-])N=C=S. The number of nitrogens with zero attached hydrogens (tertiary/aromatic N) is 1. The van der Waals surface area contributed by atoms with Gasteiger partial charge in [0.15, 0.2) is 0 Å². The first kappa shape index (κ1) is 5.91. The molecule has 0 saturated carbocycles. The van der Waals surface area contributed by atoms with Crippen molar-refractivity contribution < 1.29 is 8.76 Å². The molecule has 0 spiro atoms. The monoisotopic (exact) mass is 122 g/mol. The van der Waals surface area contributed by atoms with Gasteiger partial charge in [-0.2, -0.15) is 0 Å². The third-order valence-electron chi connectivity index (χ3n) is 0.112. The Morgan fingerprint density at radius 3 is 2.50 bits per heavy atom. The normalized spacial score (nSPS) is 12.2. The first-order valence-electron chi connectivity index (χ1n) is 0.944. The van der Waals surface area contributed by atoms with Crippen molar-refractivity contribution in [3.05, 3.63) is 0 Å². The van der Waals surface area contributed by atoms with Gasteiger partial charge in [-0.3, -0.25) is 0 Å². The molecule has 0 aromatic heterocycles. The zero-order valence-corrected chi connectivity index (χ0v) is 4.21. The summed E-state index contributed by atoms with van der Waals surface area (Å²) in [4.78, 5) is 0. The minimum atomic E-state index is -2.41. The Labute approximate surface area is 42.5 Å². The fourth-order valence-corrected chi connectivity index (χ4v) is 0.274. The molecule has 0 amide bonds. The average molecular weight is 122 g/mol. The van der Waals surface area contributed by atoms with E-state index in [9.17, 15) is 8.76 Å². The van der Waals surface area contributed by atoms with E-state index >= 15 is 0 Å². The van der Waals surface area contributed by atoms with Crippen LogP contribution in [0.4, 0.5) is 0 Å². The lowest BCUT2D eigenvalue weighted by atomic mass is 11.8. The van der Waals surface area contributed by atoms with Crippen LogP contribution in [-0.2, 0) is 11.3 Å². The Balaban J connectivity index is 3.60. The number of hydrogen-bond donors (Lipinski definition) is 0. The van der Waals surface area contributed by atoms with Crippen LogP contribution in [0.1, 0.15) is 0 Å². The molecule has 0 aliphatic heterocycles. The molecule has 5 heteroatoms. The molecule has 0 aliphatic rings. The summed E-state index contributed by atoms with van der Waals surface area (Å²) < 4.78 is 21.2. The molecule has 0 N–H and O–H groups in total. The van der Waals surface area contributed by atoms with Crippen LogP contribution in [0, 0.1) is 0 Å². The van der Waals surface area contributed by atoms with Crippen LogP contribution in [0.3, 0.4) is 0 Å². The van der Waals surface area contributed by atoms with Crippen LogP contribution in [0.25, 0.3) is 0 Å². The molecule has 0 aromatic rings. The van der Waals surface area contributed by atoms with Crippen molar-refractivity contribution in [1.29, 1.82) is 0 Å². The summed E-state index contributed by atoms with van der Waals surface area (Å²) >= 11 is 1.51. The van der Waals surface area contributed by atoms with Crippen LogP contribution in [0.2, 0.25) is 0 Å². The Kier molecular flexibility index (Phi) is 3.07. The van der Waals surface area contributed by atoms with E-state index in [1.807, 2.05) is 0 Å². The molecule has 3 nitrogen and oxygen atoms in total. The van der Waals surface area contributed by atoms with Gasteiger partial charge in [0.2, 0.25) is 0 Å². The van der Waals surface area contributed by atoms with Crippen LogP contribution in [0.15, 0.2) is 4.40 Å². The lowest BCUT2D eigenvalue weighted by Crippen LogP contribution is -1.73. The maximum Gasteiger partial charge on any atom is 0.0782 e. The van der Waals surface area contributed by atoms with Crippen LogP contribution < -0.4 is 0 Å². The van der Waals surface area contributed by atoms with Gasteiger partial charge < -0.3 is 4.55 Å². The van der Waals surface area contributed by atoms with Gasteiger partial charge in [-0.25, -0.2) is 4.21 Å². The van der Waals surface area contributed by atoms with Crippen LogP contribution in [0.5, 0.6) is 0 Å². The highest BCUT2D eigenvalue weighted by atomic mass is 32.2. The maximum absolute atomic E-state index is 9.30. The van der Waals surface area contributed by atoms with Gasteiger partial charge in [-0.15, -0.1) is 4.40 Å². The molecule has 0 bridgehead atoms. The average Bonchev–Trinajstić information content (AvgIpc) is 1.35. The van der Waals surface area contributed by atoms with Crippen molar-refractivity contribution in [1.82, 2.24) is 0 Å². The van der Waals surface area contributed by atoms with Gasteiger partial charge in [0, 0.05) is 0 Å². The Morgan fingerprint density at radius 1 is 2.00 bits per heavy atom. The standard InChI is InChI=1S/CHNO2S2/c3-6(4)2-1-5/h(H,3,4)/p-1. The largest absolute Gasteiger partial charge is 0.753 e. The van der Waals surface area contributed by atoms with E-state index in [1.165, 1.54) is 0 Å². The molecule has 6 heavy (non-hydrogen) atoms. The van der Waals surface area contributed by atoms with E-state index in [1.54, 1.807) is 5.16 Å². The summed E-state index contributed by atoms with van der Waals surface area (Å²) in [6.45, 7) is 0. The number of hydrogen-bond acceptors (Lipinski definition) is 3. The van der Waals surface area contributed by atoms with Gasteiger partial charge >= 0.3 is 0 Å². The van der Waals surface area contributed by atoms with Crippen molar-refractivity contribution in [3.63, 3.8) is 0 Å². The van der Waals surface area contributed by atoms with Gasteiger partial charge in [-0.05, 0) is 12.2 Å². The van der Waals surface area contributed by atoms with Crippen molar-refractivity contribution >= 4 is 28.6 Å². The predicted molar refractivity (Wildman–Crippen MR) is 23.9 cm³/mol. The maximum atomic E-state index is 9.30.